The number of benzene rings is 2. The van der Waals surface area contributed by atoms with Crippen molar-refractivity contribution in [3.8, 4) is 11.5 Å². The molecule has 1 aliphatic heterocycles. The minimum atomic E-state index is 0.884. The fraction of sp³-hybridized carbons (Fsp3) is 0.429. The van der Waals surface area contributed by atoms with Gasteiger partial charge in [-0.3, -0.25) is 4.90 Å². The minimum Gasteiger partial charge on any atom is -0.496 e. The highest BCUT2D eigenvalue weighted by Gasteiger charge is 2.19. The highest BCUT2D eigenvalue weighted by Crippen LogP contribution is 2.30. The average molecular weight is 419 g/mol. The number of nitrogens with zero attached hydrogens (tertiary/aromatic N) is 2. The van der Waals surface area contributed by atoms with Crippen LogP contribution in [0.2, 0.25) is 0 Å². The van der Waals surface area contributed by atoms with Crippen molar-refractivity contribution in [3.63, 3.8) is 0 Å². The van der Waals surface area contributed by atoms with Crippen LogP contribution < -0.4 is 14.4 Å². The Balaban J connectivity index is 1.63. The number of ether oxygens (including phenoxy) is 2. The molecule has 0 spiro atoms. The van der Waals surface area contributed by atoms with Gasteiger partial charge in [0.15, 0.2) is 0 Å². The summed E-state index contributed by atoms with van der Waals surface area (Å²) in [4.78, 5) is 4.96. The van der Waals surface area contributed by atoms with Crippen molar-refractivity contribution >= 4 is 21.6 Å². The van der Waals surface area contributed by atoms with Crippen LogP contribution in [0.3, 0.4) is 0 Å². The highest BCUT2D eigenvalue weighted by molar-refractivity contribution is 9.10. The largest absolute Gasteiger partial charge is 0.496 e. The van der Waals surface area contributed by atoms with Gasteiger partial charge in [0.25, 0.3) is 0 Å². The molecule has 1 fully saturated rings. The summed E-state index contributed by atoms with van der Waals surface area (Å²) in [5.41, 5.74) is 5.12. The third-order valence-electron chi connectivity index (χ3n) is 5.12. The molecule has 3 rings (SSSR count). The Morgan fingerprint density at radius 2 is 1.58 bits per heavy atom. The van der Waals surface area contributed by atoms with Gasteiger partial charge in [-0.25, -0.2) is 0 Å². The first-order valence-corrected chi connectivity index (χ1v) is 9.76. The molecule has 4 nitrogen and oxygen atoms in total. The maximum absolute atomic E-state index is 5.43. The van der Waals surface area contributed by atoms with Crippen molar-refractivity contribution in [2.24, 2.45) is 0 Å². The molecule has 0 unspecified atom stereocenters. The van der Waals surface area contributed by atoms with Crippen LogP contribution in [0.1, 0.15) is 16.7 Å². The van der Waals surface area contributed by atoms with Gasteiger partial charge in [-0.1, -0.05) is 6.07 Å². The van der Waals surface area contributed by atoms with E-state index in [1.54, 1.807) is 14.2 Å². The molecule has 0 radical (unpaired) electrons. The van der Waals surface area contributed by atoms with Gasteiger partial charge in [0.1, 0.15) is 11.5 Å². The molecule has 26 heavy (non-hydrogen) atoms. The zero-order valence-electron chi connectivity index (χ0n) is 16.0. The molecule has 0 atom stereocenters. The van der Waals surface area contributed by atoms with E-state index in [4.69, 9.17) is 9.47 Å². The first kappa shape index (κ1) is 19.1. The predicted octanol–water partition coefficient (Wildman–Crippen LogP) is 4.41. The average Bonchev–Trinajstić information content (AvgIpc) is 2.65. The molecular weight excluding hydrogens is 392 g/mol. The third kappa shape index (κ3) is 4.15. The van der Waals surface area contributed by atoms with Crippen molar-refractivity contribution in [2.75, 3.05) is 45.3 Å². The van der Waals surface area contributed by atoms with E-state index >= 15 is 0 Å². The van der Waals surface area contributed by atoms with Crippen LogP contribution in [0.4, 0.5) is 5.69 Å². The van der Waals surface area contributed by atoms with Crippen molar-refractivity contribution in [2.45, 2.75) is 20.4 Å². The molecule has 2 aromatic rings. The minimum absolute atomic E-state index is 0.884. The molecule has 0 aliphatic carbocycles. The van der Waals surface area contributed by atoms with Gasteiger partial charge >= 0.3 is 0 Å². The zero-order valence-corrected chi connectivity index (χ0v) is 17.6. The number of anilines is 1. The summed E-state index contributed by atoms with van der Waals surface area (Å²) in [6.45, 7) is 9.44. The monoisotopic (exact) mass is 418 g/mol. The summed E-state index contributed by atoms with van der Waals surface area (Å²) in [6.07, 6.45) is 0. The van der Waals surface area contributed by atoms with E-state index in [-0.39, 0.29) is 0 Å². The second-order valence-corrected chi connectivity index (χ2v) is 7.68. The molecule has 1 saturated heterocycles. The van der Waals surface area contributed by atoms with Gasteiger partial charge in [0, 0.05) is 44.5 Å². The van der Waals surface area contributed by atoms with Crippen molar-refractivity contribution < 1.29 is 9.47 Å². The molecular formula is C21H27BrN2O2. The lowest BCUT2D eigenvalue weighted by molar-refractivity contribution is 0.249. The Morgan fingerprint density at radius 3 is 2.23 bits per heavy atom. The number of methoxy groups -OCH3 is 2. The van der Waals surface area contributed by atoms with E-state index in [9.17, 15) is 0 Å². The van der Waals surface area contributed by atoms with Crippen molar-refractivity contribution in [1.29, 1.82) is 0 Å². The van der Waals surface area contributed by atoms with E-state index in [2.05, 4.69) is 69.9 Å². The lowest BCUT2D eigenvalue weighted by Gasteiger charge is -2.36. The molecule has 0 bridgehead atoms. The maximum Gasteiger partial charge on any atom is 0.135 e. The molecule has 0 amide bonds. The van der Waals surface area contributed by atoms with E-state index in [1.807, 2.05) is 0 Å². The lowest BCUT2D eigenvalue weighted by Crippen LogP contribution is -2.46. The first-order chi connectivity index (χ1) is 12.5. The maximum atomic E-state index is 5.43. The fourth-order valence-corrected chi connectivity index (χ4v) is 3.90. The van der Waals surface area contributed by atoms with Crippen LogP contribution in [0.5, 0.6) is 11.5 Å². The Hall–Kier alpha value is -1.72. The number of hydrogen-bond acceptors (Lipinski definition) is 4. The topological polar surface area (TPSA) is 24.9 Å². The highest BCUT2D eigenvalue weighted by atomic mass is 79.9. The van der Waals surface area contributed by atoms with Crippen LogP contribution in [0, 0.1) is 13.8 Å². The van der Waals surface area contributed by atoms with E-state index in [0.717, 1.165) is 48.7 Å². The van der Waals surface area contributed by atoms with E-state index in [0.29, 0.717) is 0 Å². The number of halogens is 1. The summed E-state index contributed by atoms with van der Waals surface area (Å²) < 4.78 is 11.8. The Morgan fingerprint density at radius 1 is 0.885 bits per heavy atom. The first-order valence-electron chi connectivity index (χ1n) is 8.96. The molecule has 1 heterocycles. The third-order valence-corrected chi connectivity index (χ3v) is 5.77. The summed E-state index contributed by atoms with van der Waals surface area (Å²) >= 11 is 3.52. The van der Waals surface area contributed by atoms with Crippen LogP contribution in [0.15, 0.2) is 34.8 Å². The molecule has 140 valence electrons. The van der Waals surface area contributed by atoms with Gasteiger partial charge in [-0.05, 0) is 64.7 Å². The standard InChI is InChI=1S/C21H27BrN2O2/c1-15-12-20(25-3)16(2)11-17(15)14-23-7-9-24(10-8-23)18-5-6-19(22)21(13-18)26-4/h5-6,11-13H,7-10,14H2,1-4H3. The summed E-state index contributed by atoms with van der Waals surface area (Å²) in [5.74, 6) is 1.86. The van der Waals surface area contributed by atoms with Crippen LogP contribution in [0.25, 0.3) is 0 Å². The Kier molecular flexibility index (Phi) is 6.09. The summed E-state index contributed by atoms with van der Waals surface area (Å²) in [5, 5.41) is 0. The van der Waals surface area contributed by atoms with Gasteiger partial charge in [0.2, 0.25) is 0 Å². The van der Waals surface area contributed by atoms with Crippen LogP contribution >= 0.6 is 15.9 Å². The van der Waals surface area contributed by atoms with Crippen LogP contribution in [-0.4, -0.2) is 45.3 Å². The molecule has 2 aromatic carbocycles. The van der Waals surface area contributed by atoms with Gasteiger partial charge in [-0.2, -0.15) is 0 Å². The second kappa shape index (κ2) is 8.31. The van der Waals surface area contributed by atoms with Crippen molar-refractivity contribution in [1.82, 2.24) is 4.90 Å². The van der Waals surface area contributed by atoms with Gasteiger partial charge in [0.05, 0.1) is 18.7 Å². The predicted molar refractivity (Wildman–Crippen MR) is 111 cm³/mol. The van der Waals surface area contributed by atoms with Gasteiger partial charge in [-0.15, -0.1) is 0 Å². The van der Waals surface area contributed by atoms with Crippen molar-refractivity contribution in [3.05, 3.63) is 51.5 Å². The lowest BCUT2D eigenvalue weighted by atomic mass is 10.0. The number of hydrogen-bond donors (Lipinski definition) is 0. The summed E-state index contributed by atoms with van der Waals surface area (Å²) in [6, 6.07) is 10.7. The molecule has 0 aromatic heterocycles. The fourth-order valence-electron chi connectivity index (χ4n) is 3.49. The molecule has 0 saturated carbocycles. The van der Waals surface area contributed by atoms with Crippen LogP contribution in [-0.2, 0) is 6.54 Å². The molecule has 1 aliphatic rings. The Labute approximate surface area is 164 Å². The number of piperazine rings is 1. The SMILES string of the molecule is COc1cc(C)c(CN2CCN(c3ccc(Br)c(OC)c3)CC2)cc1C. The van der Waals surface area contributed by atoms with Gasteiger partial charge < -0.3 is 14.4 Å². The molecule has 0 N–H and O–H groups in total. The number of aryl methyl sites for hydroxylation is 2. The van der Waals surface area contributed by atoms with E-state index in [1.165, 1.54) is 22.4 Å². The van der Waals surface area contributed by atoms with E-state index < -0.39 is 0 Å². The summed E-state index contributed by atoms with van der Waals surface area (Å²) in [7, 11) is 3.44. The normalized spacial score (nSPS) is 15.2. The second-order valence-electron chi connectivity index (χ2n) is 6.83. The zero-order chi connectivity index (χ0) is 18.7. The molecule has 5 heteroatoms. The quantitative estimate of drug-likeness (QED) is 0.717. The number of rotatable bonds is 5. The Bertz CT molecular complexity index is 771. The smallest absolute Gasteiger partial charge is 0.135 e.